The third kappa shape index (κ3) is 243. The van der Waals surface area contributed by atoms with Crippen molar-refractivity contribution in [2.75, 3.05) is 55.6 Å². The van der Waals surface area contributed by atoms with Crippen LogP contribution in [0.25, 0.3) is 0 Å². The number of nitrogens with one attached hydrogen (secondary N) is 1. The molecule has 0 radical (unpaired) electrons. The number of nitrogens with two attached hydrogens (primary N) is 1. The van der Waals surface area contributed by atoms with E-state index in [1.807, 2.05) is 221 Å². The fourth-order valence-electron chi connectivity index (χ4n) is 3.43. The van der Waals surface area contributed by atoms with Crippen molar-refractivity contribution >= 4 is 59.6 Å². The molecule has 0 atom stereocenters. The zero-order chi connectivity index (χ0) is 114. The zero-order valence-electron chi connectivity index (χ0n) is 103. The average molecular weight is 1930 g/mol. The van der Waals surface area contributed by atoms with Gasteiger partial charge in [0.05, 0.1) is 49.1 Å². The van der Waals surface area contributed by atoms with Gasteiger partial charge in [0.25, 0.3) is 0 Å². The predicted octanol–water partition coefficient (Wildman–Crippen LogP) is 29.5. The Bertz CT molecular complexity index is 2420. The van der Waals surface area contributed by atoms with Gasteiger partial charge in [0.1, 0.15) is 23.3 Å². The molecule has 0 aromatic heterocycles. The van der Waals surface area contributed by atoms with Crippen LogP contribution in [-0.4, -0.2) is 164 Å². The quantitative estimate of drug-likeness (QED) is 0.0339. The summed E-state index contributed by atoms with van der Waals surface area (Å²) in [5.74, 6) is 7.90. The lowest BCUT2D eigenvalue weighted by molar-refractivity contribution is -0.159. The van der Waals surface area contributed by atoms with Crippen LogP contribution in [0.4, 0.5) is 0 Å². The summed E-state index contributed by atoms with van der Waals surface area (Å²) in [6.45, 7) is 130. The summed E-state index contributed by atoms with van der Waals surface area (Å²) >= 11 is 0. The first-order chi connectivity index (χ1) is 59.5. The molecule has 0 aliphatic carbocycles. The summed E-state index contributed by atoms with van der Waals surface area (Å²) < 4.78 is 24.1. The van der Waals surface area contributed by atoms with Gasteiger partial charge in [-0.05, 0) is 188 Å². The summed E-state index contributed by atoms with van der Waals surface area (Å²) in [5, 5.41) is 19.8. The number of allylic oxidation sites excluding steroid dienone is 2. The van der Waals surface area contributed by atoms with Gasteiger partial charge in [-0.15, -0.1) is 6.58 Å². The minimum absolute atomic E-state index is 0.00463. The minimum atomic E-state index is -0.500. The third-order valence-electron chi connectivity index (χ3n) is 16.5. The number of aliphatic hydroxyl groups excluding tert-OH is 1. The molecule has 5 N–H and O–H groups in total. The number of methoxy groups -OCH3 is 1. The molecule has 0 spiro atoms. The van der Waals surface area contributed by atoms with Crippen molar-refractivity contribution < 1.29 is 81.8 Å². The Morgan fingerprint density at radius 3 is 0.761 bits per heavy atom. The van der Waals surface area contributed by atoms with E-state index in [2.05, 4.69) is 213 Å². The van der Waals surface area contributed by atoms with Crippen LogP contribution >= 0.6 is 0 Å². The largest absolute Gasteiger partial charge is 0.469 e. The highest BCUT2D eigenvalue weighted by Crippen LogP contribution is 2.24. The number of primary amides is 1. The number of carbonyl (C=O) groups excluding carboxylic acids is 10. The van der Waals surface area contributed by atoms with Crippen LogP contribution in [0, 0.1) is 124 Å². The van der Waals surface area contributed by atoms with Crippen LogP contribution in [0.15, 0.2) is 24.8 Å². The van der Waals surface area contributed by atoms with E-state index >= 15 is 0 Å². The average Bonchev–Trinajstić information content (AvgIpc) is 0.926. The maximum atomic E-state index is 11.0. The lowest BCUT2D eigenvalue weighted by Gasteiger charge is -2.22. The number of carbonyl (C=O) groups is 10. The van der Waals surface area contributed by atoms with Crippen LogP contribution < -0.4 is 11.1 Å². The smallest absolute Gasteiger partial charge is 0.308 e. The topological polar surface area (TPSA) is 302 Å². The number of aliphatic hydroxyl groups is 2. The van der Waals surface area contributed by atoms with Gasteiger partial charge in [0.15, 0.2) is 0 Å². The monoisotopic (exact) mass is 1930 g/mol. The Morgan fingerprint density at radius 2 is 0.716 bits per heavy atom. The first-order valence-electron chi connectivity index (χ1n) is 50.3. The Morgan fingerprint density at radius 1 is 0.448 bits per heavy atom. The maximum absolute atomic E-state index is 11.0. The SMILES string of the molecule is C=C(C)C(C)C.C=CC(C)C.CC(=O)C(C)C.CC(C)C.CC(C)C(=O)N(C)C.CC(C)C(=O)OC(C)(C)C.CC(C)C(C)(C)C.CC(C)C(C)(C)O.CC(C)C(C)C.CC(C)C(N)=O.CC(C)C=O.CC(C)CC(=O)OC(C)(C)C.CC(C)CO.CC(C)N(C)C.CC(C)OC(=O)C(C)C.CCC(C)C.CCCC(C)C.CCOC(=O)C(C)C.CNC(=O)C(C)C.COC(=O)C(C)C. The number of Topliss-reactive ketones (excluding diaryl/α,β-unsaturated/α-hetero) is 1. The number of amides is 3. The number of aldehydes is 1. The van der Waals surface area contributed by atoms with E-state index in [0.29, 0.717) is 60.7 Å². The highest BCUT2D eigenvalue weighted by atomic mass is 16.6. The Labute approximate surface area is 839 Å². The van der Waals surface area contributed by atoms with Crippen molar-refractivity contribution in [1.29, 1.82) is 0 Å². The molecular weight excluding hydrogens is 1690 g/mol. The van der Waals surface area contributed by atoms with Gasteiger partial charge in [-0.1, -0.05) is 356 Å². The predicted molar refractivity (Wildman–Crippen MR) is 589 cm³/mol. The molecule has 21 nitrogen and oxygen atoms in total. The van der Waals surface area contributed by atoms with E-state index in [-0.39, 0.29) is 124 Å². The van der Waals surface area contributed by atoms with Crippen LogP contribution in [-0.2, 0) is 71.6 Å². The summed E-state index contributed by atoms with van der Waals surface area (Å²) in [6, 6.07) is 0.685. The molecule has 0 aliphatic heterocycles. The first-order valence-corrected chi connectivity index (χ1v) is 50.3. The molecular formula is C113H246N4O17. The molecule has 0 aliphatic rings. The second kappa shape index (κ2) is 113. The van der Waals surface area contributed by atoms with Crippen molar-refractivity contribution in [1.82, 2.24) is 15.1 Å². The van der Waals surface area contributed by atoms with Crippen LogP contribution in [0.3, 0.4) is 0 Å². The Balaban J connectivity index is -0.0000000570. The van der Waals surface area contributed by atoms with Gasteiger partial charge in [-0.3, -0.25) is 43.2 Å². The molecule has 0 aromatic carbocycles. The number of ketones is 1. The molecule has 0 unspecified atom stereocenters. The van der Waals surface area contributed by atoms with Crippen molar-refractivity contribution in [3.63, 3.8) is 0 Å². The van der Waals surface area contributed by atoms with E-state index in [9.17, 15) is 47.9 Å². The summed E-state index contributed by atoms with van der Waals surface area (Å²) in [4.78, 5) is 108. The van der Waals surface area contributed by atoms with Crippen molar-refractivity contribution in [3.8, 4) is 0 Å². The van der Waals surface area contributed by atoms with Crippen LogP contribution in [0.1, 0.15) is 448 Å². The molecule has 3 amide bonds. The van der Waals surface area contributed by atoms with Gasteiger partial charge in [0, 0.05) is 69.8 Å². The molecule has 0 aromatic rings. The first kappa shape index (κ1) is 177. The van der Waals surface area contributed by atoms with Crippen molar-refractivity contribution in [2.45, 2.75) is 477 Å². The van der Waals surface area contributed by atoms with Crippen molar-refractivity contribution in [3.05, 3.63) is 24.8 Å². The molecule has 21 heteroatoms. The fraction of sp³-hybridized carbons (Fsp3) is 0.876. The van der Waals surface area contributed by atoms with Crippen molar-refractivity contribution in [2.24, 2.45) is 130 Å². The Hall–Kier alpha value is -5.54. The molecule has 0 saturated carbocycles. The fourth-order valence-corrected chi connectivity index (χ4v) is 3.43. The second-order valence-corrected chi connectivity index (χ2v) is 44.6. The molecule has 0 saturated heterocycles. The maximum Gasteiger partial charge on any atom is 0.308 e. The molecule has 0 rings (SSSR count). The summed E-state index contributed by atoms with van der Waals surface area (Å²) in [7, 11) is 10.7. The number of ether oxygens (including phenoxy) is 5. The van der Waals surface area contributed by atoms with Gasteiger partial charge >= 0.3 is 29.8 Å². The van der Waals surface area contributed by atoms with Crippen LogP contribution in [0.2, 0.25) is 0 Å². The van der Waals surface area contributed by atoms with E-state index in [0.717, 1.165) is 41.8 Å². The Kier molecular flexibility index (Phi) is 149. The lowest BCUT2D eigenvalue weighted by atomic mass is 9.84. The number of rotatable bonds is 22. The highest BCUT2D eigenvalue weighted by molar-refractivity contribution is 5.78. The highest BCUT2D eigenvalue weighted by Gasteiger charge is 2.20. The molecule has 820 valence electrons. The standard InChI is InChI=1S/C9H18O2.C8H16O2.C7H14O2.C7H16.C6H13NO.C6H12O2.C6H14O.C6H14.C6H12.C6H14.C5H11NO.C5H13N.C5H10O2.C5H10O.C5H12.C5H10.C4H9NO.C4H10O.C4H8O.C4H10/c1-7(2)6-8(10)11-9(3,4)5;1-6(2)7(9)10-8(3,4)5;1-5(2)7(8)9-6(3)4;1-6(2)7(3,4)5;1-5(2)6(8)7(3)4;1-4-8-6(7)5(2)3;1-5(2)6(3,4)7;2*1-5(2)6(3)4;1-4-5-6(2)3;1-4(2)5(7)6-3;1-5(2)6(3)4;1-4(2)5(6)7-3;1-4(2)5(3)6;2*1-4-5(2)3;1-3(2)4(5)6;2*1-4(2)3-5;1-4(2)3/h7H,6H2,1-5H3;6H,1-5H3;5-6H,1-4H3;6H,1-5H3;5H,1-4H3;5H,4H2,1-3H3;5,7H,1-4H3;5-6H,1-4H3;6H,1H2,2-4H3;6H,4-5H2,1-3H3;4H,1-3H3,(H,6,7);5H,1-4H3;4H,1-3H3;4H,1-3H3;5H,4H2,1-3H3;4-5H,1H2,2-3H3;3H,1-2H3,(H2,5,6);4-5H,3H2,1-2H3;3-4H,1-2H3;4H,1-3H3. The normalized spacial score (nSPS) is 10.3. The van der Waals surface area contributed by atoms with E-state index < -0.39 is 5.60 Å². The van der Waals surface area contributed by atoms with E-state index in [1.165, 1.54) is 31.9 Å². The van der Waals surface area contributed by atoms with E-state index in [4.69, 9.17) is 30.2 Å². The molecule has 0 bridgehead atoms. The molecule has 0 heterocycles. The third-order valence-corrected chi connectivity index (χ3v) is 16.5. The summed E-state index contributed by atoms with van der Waals surface area (Å²) in [5.41, 5.74) is 5.37. The van der Waals surface area contributed by atoms with Gasteiger partial charge in [-0.25, -0.2) is 0 Å². The molecule has 0 fully saturated rings. The summed E-state index contributed by atoms with van der Waals surface area (Å²) in [6.07, 6.45) is 7.37. The molecule has 134 heavy (non-hydrogen) atoms. The van der Waals surface area contributed by atoms with E-state index in [1.54, 1.807) is 67.6 Å². The zero-order valence-corrected chi connectivity index (χ0v) is 103. The van der Waals surface area contributed by atoms with Gasteiger partial charge in [0.2, 0.25) is 17.7 Å². The number of esters is 5. The van der Waals surface area contributed by atoms with Gasteiger partial charge < -0.3 is 59.5 Å². The minimum Gasteiger partial charge on any atom is -0.469 e. The van der Waals surface area contributed by atoms with Gasteiger partial charge in [-0.2, -0.15) is 0 Å². The number of nitrogens with zero attached hydrogens (tertiary/aromatic N) is 2. The number of hydrogen-bond acceptors (Lipinski definition) is 18. The van der Waals surface area contributed by atoms with Crippen LogP contribution in [0.5, 0.6) is 0 Å². The lowest BCUT2D eigenvalue weighted by Crippen LogP contribution is -2.26. The second-order valence-electron chi connectivity index (χ2n) is 44.6. The number of hydrogen-bond donors (Lipinski definition) is 4.